The maximum atomic E-state index is 5.91. The Morgan fingerprint density at radius 2 is 1.71 bits per heavy atom. The summed E-state index contributed by atoms with van der Waals surface area (Å²) in [6, 6.07) is 9.45. The van der Waals surface area contributed by atoms with Gasteiger partial charge >= 0.3 is 0 Å². The molecule has 0 atom stereocenters. The molecule has 1 aromatic carbocycles. The Morgan fingerprint density at radius 1 is 1.00 bits per heavy atom. The number of nitrogens with zero attached hydrogens (tertiary/aromatic N) is 2. The Morgan fingerprint density at radius 3 is 2.38 bits per heavy atom. The highest BCUT2D eigenvalue weighted by atomic mass is 35.6. The van der Waals surface area contributed by atoms with Crippen molar-refractivity contribution in [3.05, 3.63) is 46.6 Å². The van der Waals surface area contributed by atoms with Gasteiger partial charge in [0.2, 0.25) is 3.79 Å². The lowest BCUT2D eigenvalue weighted by molar-refractivity contribution is 0.945. The van der Waals surface area contributed by atoms with Gasteiger partial charge in [0.15, 0.2) is 5.82 Å². The minimum absolute atomic E-state index is 0.180. The van der Waals surface area contributed by atoms with Crippen LogP contribution in [-0.2, 0) is 3.79 Å². The molecule has 108 valence electrons. The first kappa shape index (κ1) is 15.7. The molecule has 2 aromatic heterocycles. The summed E-state index contributed by atoms with van der Waals surface area (Å²) in [6.07, 6.45) is 0. The van der Waals surface area contributed by atoms with Crippen LogP contribution < -0.4 is 0 Å². The lowest BCUT2D eigenvalue weighted by atomic mass is 10.4. The van der Waals surface area contributed by atoms with Crippen LogP contribution in [0.25, 0.3) is 10.2 Å². The molecule has 0 spiro atoms. The molecule has 0 bridgehead atoms. The summed E-state index contributed by atoms with van der Waals surface area (Å²) >= 11 is 26.6. The number of thiophene rings is 1. The summed E-state index contributed by atoms with van der Waals surface area (Å²) in [4.78, 5) is 10.5. The SMILES string of the molecule is Clc1ccc(Sc2nc(C(Cl)(Cl)Cl)nc3sccc23)cc1. The van der Waals surface area contributed by atoms with Gasteiger partial charge in [0.25, 0.3) is 0 Å². The van der Waals surface area contributed by atoms with Crippen LogP contribution in [0.1, 0.15) is 5.82 Å². The fourth-order valence-corrected chi connectivity index (χ4v) is 3.76. The number of hydrogen-bond acceptors (Lipinski definition) is 4. The molecule has 21 heavy (non-hydrogen) atoms. The van der Waals surface area contributed by atoms with E-state index < -0.39 is 3.79 Å². The van der Waals surface area contributed by atoms with E-state index in [4.69, 9.17) is 46.4 Å². The number of aromatic nitrogens is 2. The molecular weight excluding hydrogens is 390 g/mol. The zero-order chi connectivity index (χ0) is 15.0. The predicted molar refractivity (Wildman–Crippen MR) is 92.2 cm³/mol. The second-order valence-electron chi connectivity index (χ2n) is 4.05. The molecule has 0 aliphatic heterocycles. The van der Waals surface area contributed by atoms with Gasteiger partial charge in [-0.2, -0.15) is 0 Å². The van der Waals surface area contributed by atoms with Gasteiger partial charge in [0.05, 0.1) is 0 Å². The average molecular weight is 396 g/mol. The van der Waals surface area contributed by atoms with Crippen LogP contribution in [0.3, 0.4) is 0 Å². The molecule has 0 N–H and O–H groups in total. The van der Waals surface area contributed by atoms with Crippen LogP contribution in [0.15, 0.2) is 45.6 Å². The third-order valence-corrected chi connectivity index (χ3v) is 5.15. The summed E-state index contributed by atoms with van der Waals surface area (Å²) < 4.78 is -1.65. The molecule has 0 saturated heterocycles. The highest BCUT2D eigenvalue weighted by molar-refractivity contribution is 7.99. The molecule has 0 aliphatic carbocycles. The van der Waals surface area contributed by atoms with Crippen LogP contribution >= 0.6 is 69.5 Å². The van der Waals surface area contributed by atoms with E-state index in [-0.39, 0.29) is 5.82 Å². The summed E-state index contributed by atoms with van der Waals surface area (Å²) in [5.74, 6) is 0.180. The van der Waals surface area contributed by atoms with Gasteiger partial charge in [-0.1, -0.05) is 58.2 Å². The van der Waals surface area contributed by atoms with Gasteiger partial charge in [0, 0.05) is 15.3 Å². The first-order chi connectivity index (χ1) is 9.93. The largest absolute Gasteiger partial charge is 0.250 e. The Kier molecular flexibility index (Phi) is 4.55. The van der Waals surface area contributed by atoms with Crippen molar-refractivity contribution in [1.29, 1.82) is 0 Å². The summed E-state index contributed by atoms with van der Waals surface area (Å²) in [5, 5.41) is 4.32. The number of benzene rings is 1. The number of halogens is 4. The van der Waals surface area contributed by atoms with Crippen LogP contribution in [0, 0.1) is 0 Å². The van der Waals surface area contributed by atoms with Gasteiger partial charge in [-0.3, -0.25) is 0 Å². The molecule has 0 radical (unpaired) electrons. The Labute approximate surface area is 149 Å². The molecule has 3 aromatic rings. The highest BCUT2D eigenvalue weighted by Crippen LogP contribution is 2.40. The van der Waals surface area contributed by atoms with Crippen molar-refractivity contribution in [2.24, 2.45) is 0 Å². The zero-order valence-electron chi connectivity index (χ0n) is 10.2. The second-order valence-corrected chi connectivity index (χ2v) is 8.72. The molecular formula is C13H6Cl4N2S2. The molecule has 0 unspecified atom stereocenters. The van der Waals surface area contributed by atoms with E-state index in [0.717, 1.165) is 20.1 Å². The number of alkyl halides is 3. The van der Waals surface area contributed by atoms with Gasteiger partial charge in [-0.15, -0.1) is 11.3 Å². The predicted octanol–water partition coefficient (Wildman–Crippen LogP) is 6.32. The van der Waals surface area contributed by atoms with Crippen molar-refractivity contribution < 1.29 is 0 Å². The fraction of sp³-hybridized carbons (Fsp3) is 0.0769. The first-order valence-corrected chi connectivity index (χ1v) is 8.90. The number of hydrogen-bond donors (Lipinski definition) is 0. The zero-order valence-corrected chi connectivity index (χ0v) is 14.8. The topological polar surface area (TPSA) is 25.8 Å². The van der Waals surface area contributed by atoms with E-state index in [0.29, 0.717) is 5.02 Å². The van der Waals surface area contributed by atoms with Crippen LogP contribution in [0.4, 0.5) is 0 Å². The Hall–Kier alpha value is -0.230. The molecule has 3 rings (SSSR count). The van der Waals surface area contributed by atoms with E-state index in [9.17, 15) is 0 Å². The average Bonchev–Trinajstić information content (AvgIpc) is 2.89. The van der Waals surface area contributed by atoms with E-state index in [1.165, 1.54) is 23.1 Å². The molecule has 0 aliphatic rings. The molecule has 0 amide bonds. The molecule has 0 saturated carbocycles. The third kappa shape index (κ3) is 3.58. The molecule has 0 fully saturated rings. The van der Waals surface area contributed by atoms with Crippen molar-refractivity contribution in [1.82, 2.24) is 9.97 Å². The molecule has 2 heterocycles. The normalized spacial score (nSPS) is 12.0. The summed E-state index contributed by atoms with van der Waals surface area (Å²) in [5.41, 5.74) is 0. The quantitative estimate of drug-likeness (QED) is 0.374. The van der Waals surface area contributed by atoms with Gasteiger partial charge < -0.3 is 0 Å². The van der Waals surface area contributed by atoms with Crippen molar-refractivity contribution >= 4 is 79.7 Å². The lowest BCUT2D eigenvalue weighted by Crippen LogP contribution is -2.07. The van der Waals surface area contributed by atoms with Crippen molar-refractivity contribution in [2.75, 3.05) is 0 Å². The standard InChI is InChI=1S/C13H6Cl4N2S2/c14-7-1-3-8(4-2-7)21-11-9-5-6-20-10(9)18-12(19-11)13(15,16)17/h1-6H. The number of rotatable bonds is 2. The number of fused-ring (bicyclic) bond motifs is 1. The summed E-state index contributed by atoms with van der Waals surface area (Å²) in [6.45, 7) is 0. The van der Waals surface area contributed by atoms with E-state index >= 15 is 0 Å². The molecule has 8 heteroatoms. The monoisotopic (exact) mass is 394 g/mol. The van der Waals surface area contributed by atoms with Crippen LogP contribution in [0.2, 0.25) is 5.02 Å². The maximum Gasteiger partial charge on any atom is 0.250 e. The minimum Gasteiger partial charge on any atom is -0.221 e. The third-order valence-electron chi connectivity index (χ3n) is 2.57. The van der Waals surface area contributed by atoms with Crippen LogP contribution in [0.5, 0.6) is 0 Å². The second kappa shape index (κ2) is 6.11. The smallest absolute Gasteiger partial charge is 0.221 e. The Balaban J connectivity index is 2.07. The lowest BCUT2D eigenvalue weighted by Gasteiger charge is -2.11. The van der Waals surface area contributed by atoms with Gasteiger partial charge in [-0.05, 0) is 35.7 Å². The minimum atomic E-state index is -1.65. The highest BCUT2D eigenvalue weighted by Gasteiger charge is 2.28. The maximum absolute atomic E-state index is 5.91. The summed E-state index contributed by atoms with van der Waals surface area (Å²) in [7, 11) is 0. The van der Waals surface area contributed by atoms with Crippen LogP contribution in [-0.4, -0.2) is 9.97 Å². The Bertz CT molecular complexity index is 781. The first-order valence-electron chi connectivity index (χ1n) is 5.69. The van der Waals surface area contributed by atoms with E-state index in [2.05, 4.69) is 9.97 Å². The van der Waals surface area contributed by atoms with E-state index in [1.54, 1.807) is 0 Å². The fourth-order valence-electron chi connectivity index (χ4n) is 1.65. The van der Waals surface area contributed by atoms with Gasteiger partial charge in [-0.25, -0.2) is 9.97 Å². The van der Waals surface area contributed by atoms with E-state index in [1.807, 2.05) is 35.7 Å². The van der Waals surface area contributed by atoms with Crippen molar-refractivity contribution in [3.63, 3.8) is 0 Å². The van der Waals surface area contributed by atoms with Gasteiger partial charge in [0.1, 0.15) is 9.86 Å². The van der Waals surface area contributed by atoms with Crippen molar-refractivity contribution in [3.8, 4) is 0 Å². The van der Waals surface area contributed by atoms with Crippen molar-refractivity contribution in [2.45, 2.75) is 13.7 Å². The molecule has 2 nitrogen and oxygen atoms in total.